The molecule has 39 heavy (non-hydrogen) atoms. The molecule has 220 valence electrons. The maximum atomic E-state index is 11.2. The second-order valence-electron chi connectivity index (χ2n) is 12.1. The highest BCUT2D eigenvalue weighted by Crippen LogP contribution is 2.41. The van der Waals surface area contributed by atoms with Crippen molar-refractivity contribution in [1.82, 2.24) is 4.90 Å². The number of aryl methyl sites for hydroxylation is 2. The molecule has 0 aromatic heterocycles. The van der Waals surface area contributed by atoms with Crippen molar-refractivity contribution in [2.24, 2.45) is 0 Å². The normalized spacial score (nSPS) is 23.6. The fourth-order valence-electron chi connectivity index (χ4n) is 6.41. The molecule has 2 saturated carbocycles. The van der Waals surface area contributed by atoms with Gasteiger partial charge in [0.1, 0.15) is 0 Å². The summed E-state index contributed by atoms with van der Waals surface area (Å²) >= 11 is 0. The molecule has 2 fully saturated rings. The summed E-state index contributed by atoms with van der Waals surface area (Å²) in [5.41, 5.74) is 2.86. The molecule has 3 atom stereocenters. The first-order chi connectivity index (χ1) is 20.4. The number of aliphatic hydroxyl groups is 2. The van der Waals surface area contributed by atoms with Crippen LogP contribution in [0.1, 0.15) is 107 Å². The SMILES string of the molecule is Cl.[2H]C([2H])([2H])N(C)CC(c1ccc(C)cc1)C1(O)CCCCC1.[2H]C([2H])([2H])[NH+](C)CC(c1ccc(C)cc1)C1(O)CCCCC1. The van der Waals surface area contributed by atoms with E-state index in [1.807, 2.05) is 62.4 Å². The number of rotatable bonds is 8. The number of nitrogens with zero attached hydrogens (tertiary/aromatic N) is 1. The molecule has 0 spiro atoms. The van der Waals surface area contributed by atoms with Crippen molar-refractivity contribution in [3.8, 4) is 0 Å². The Bertz CT molecular complexity index is 1050. The lowest BCUT2D eigenvalue weighted by Gasteiger charge is -2.40. The van der Waals surface area contributed by atoms with Gasteiger partial charge in [0.2, 0.25) is 0 Å². The molecule has 4 rings (SSSR count). The molecule has 2 aromatic carbocycles. The van der Waals surface area contributed by atoms with Gasteiger partial charge in [-0.15, -0.1) is 12.4 Å². The molecule has 0 radical (unpaired) electrons. The van der Waals surface area contributed by atoms with E-state index in [1.165, 1.54) is 16.0 Å². The summed E-state index contributed by atoms with van der Waals surface area (Å²) in [6.45, 7) is 0.657. The number of likely N-dealkylation sites (N-methyl/N-ethyl adjacent to an activating group) is 2. The second-order valence-corrected chi connectivity index (χ2v) is 12.1. The molecule has 5 heteroatoms. The summed E-state index contributed by atoms with van der Waals surface area (Å²) < 4.78 is 45.6. The van der Waals surface area contributed by atoms with Crippen molar-refractivity contribution >= 4 is 12.4 Å². The zero-order valence-corrected chi connectivity index (χ0v) is 25.3. The highest BCUT2D eigenvalue weighted by molar-refractivity contribution is 5.85. The molecule has 2 aliphatic carbocycles. The van der Waals surface area contributed by atoms with Crippen molar-refractivity contribution in [2.45, 2.75) is 101 Å². The molecule has 0 amide bonds. The lowest BCUT2D eigenvalue weighted by Crippen LogP contribution is -3.06. The van der Waals surface area contributed by atoms with Crippen molar-refractivity contribution in [2.75, 3.05) is 41.1 Å². The molecular weight excluding hydrogens is 504 g/mol. The Balaban J connectivity index is 0.000000307. The molecule has 3 N–H and O–H groups in total. The Hall–Kier alpha value is -1.43. The Labute approximate surface area is 253 Å². The van der Waals surface area contributed by atoms with E-state index < -0.39 is 25.2 Å². The first-order valence-corrected chi connectivity index (χ1v) is 14.6. The molecule has 0 heterocycles. The van der Waals surface area contributed by atoms with Gasteiger partial charge in [0.15, 0.2) is 0 Å². The number of hydrogen-bond donors (Lipinski definition) is 3. The van der Waals surface area contributed by atoms with Gasteiger partial charge in [-0.25, -0.2) is 0 Å². The summed E-state index contributed by atoms with van der Waals surface area (Å²) in [6, 6.07) is 16.3. The lowest BCUT2D eigenvalue weighted by atomic mass is 9.72. The number of benzene rings is 2. The van der Waals surface area contributed by atoms with E-state index in [4.69, 9.17) is 8.22 Å². The molecule has 2 aliphatic rings. The monoisotopic (exact) mass is 565 g/mol. The molecule has 3 unspecified atom stereocenters. The maximum Gasteiger partial charge on any atom is 0.0886 e. The molecule has 0 aliphatic heterocycles. The predicted molar refractivity (Wildman–Crippen MR) is 167 cm³/mol. The molecule has 2 aromatic rings. The largest absolute Gasteiger partial charge is 0.389 e. The van der Waals surface area contributed by atoms with E-state index in [2.05, 4.69) is 0 Å². The van der Waals surface area contributed by atoms with E-state index >= 15 is 0 Å². The smallest absolute Gasteiger partial charge is 0.0886 e. The van der Waals surface area contributed by atoms with Crippen LogP contribution >= 0.6 is 12.4 Å². The van der Waals surface area contributed by atoms with Crippen LogP contribution in [0.5, 0.6) is 0 Å². The third kappa shape index (κ3) is 9.86. The van der Waals surface area contributed by atoms with Crippen LogP contribution in [0.4, 0.5) is 0 Å². The van der Waals surface area contributed by atoms with Gasteiger partial charge in [-0.05, 0) is 64.7 Å². The van der Waals surface area contributed by atoms with Gasteiger partial charge in [0, 0.05) is 16.6 Å². The average molecular weight is 566 g/mol. The first kappa shape index (κ1) is 25.3. The van der Waals surface area contributed by atoms with Crippen LogP contribution in [0, 0.1) is 13.8 Å². The van der Waals surface area contributed by atoms with E-state index in [9.17, 15) is 10.2 Å². The third-order valence-corrected chi connectivity index (χ3v) is 8.66. The highest BCUT2D eigenvalue weighted by Gasteiger charge is 2.40. The van der Waals surface area contributed by atoms with Crippen molar-refractivity contribution < 1.29 is 23.3 Å². The van der Waals surface area contributed by atoms with E-state index in [0.29, 0.717) is 18.0 Å². The zero-order chi connectivity index (χ0) is 32.8. The summed E-state index contributed by atoms with van der Waals surface area (Å²) in [5, 5.41) is 22.3. The highest BCUT2D eigenvalue weighted by atomic mass is 35.5. The van der Waals surface area contributed by atoms with Crippen LogP contribution in [0.25, 0.3) is 0 Å². The average Bonchev–Trinajstić information content (AvgIpc) is 2.95. The van der Waals surface area contributed by atoms with Crippen LogP contribution in [-0.4, -0.2) is 67.5 Å². The number of hydrogen-bond acceptors (Lipinski definition) is 3. The minimum Gasteiger partial charge on any atom is -0.389 e. The lowest BCUT2D eigenvalue weighted by molar-refractivity contribution is -0.860. The van der Waals surface area contributed by atoms with Gasteiger partial charge in [-0.2, -0.15) is 0 Å². The van der Waals surface area contributed by atoms with Crippen molar-refractivity contribution in [3.63, 3.8) is 0 Å². The Morgan fingerprint density at radius 3 is 1.59 bits per heavy atom. The van der Waals surface area contributed by atoms with Crippen LogP contribution < -0.4 is 4.90 Å². The number of quaternary nitrogens is 1. The minimum atomic E-state index is -2.13. The fourth-order valence-corrected chi connectivity index (χ4v) is 6.41. The van der Waals surface area contributed by atoms with Gasteiger partial charge in [0.05, 0.1) is 41.8 Å². The van der Waals surface area contributed by atoms with Crippen LogP contribution in [-0.2, 0) is 0 Å². The summed E-state index contributed by atoms with van der Waals surface area (Å²) in [4.78, 5) is 1.86. The topological polar surface area (TPSA) is 48.1 Å². The Morgan fingerprint density at radius 1 is 0.769 bits per heavy atom. The number of halogens is 1. The quantitative estimate of drug-likeness (QED) is 0.386. The second kappa shape index (κ2) is 15.5. The summed E-state index contributed by atoms with van der Waals surface area (Å²) in [5.74, 6) is -0.298. The molecule has 4 nitrogen and oxygen atoms in total. The van der Waals surface area contributed by atoms with Gasteiger partial charge >= 0.3 is 0 Å². The van der Waals surface area contributed by atoms with Gasteiger partial charge in [-0.3, -0.25) is 0 Å². The van der Waals surface area contributed by atoms with Crippen molar-refractivity contribution in [3.05, 3.63) is 70.8 Å². The Morgan fingerprint density at radius 2 is 1.18 bits per heavy atom. The van der Waals surface area contributed by atoms with Gasteiger partial charge in [0.25, 0.3) is 0 Å². The number of nitrogens with one attached hydrogen (secondary N) is 1. The minimum absolute atomic E-state index is 0. The summed E-state index contributed by atoms with van der Waals surface area (Å²) in [7, 11) is 3.31. The van der Waals surface area contributed by atoms with Crippen LogP contribution in [0.15, 0.2) is 48.5 Å². The molecule has 0 saturated heterocycles. The van der Waals surface area contributed by atoms with Crippen LogP contribution in [0.3, 0.4) is 0 Å². The molecular formula is C34H56ClN2O2+. The van der Waals surface area contributed by atoms with E-state index in [1.54, 1.807) is 14.1 Å². The Kier molecular flexibility index (Phi) is 10.1. The first-order valence-electron chi connectivity index (χ1n) is 17.6. The maximum absolute atomic E-state index is 11.2. The van der Waals surface area contributed by atoms with E-state index in [-0.39, 0.29) is 24.2 Å². The van der Waals surface area contributed by atoms with Gasteiger partial charge < -0.3 is 20.0 Å². The summed E-state index contributed by atoms with van der Waals surface area (Å²) in [6.07, 6.45) is 9.40. The molecule has 0 bridgehead atoms. The standard InChI is InChI=1S/2C17H27NO.ClH/c2*1-14-7-9-15(10-8-14)16(13-18(2)3)17(19)11-5-4-6-12-17;/h2*7-10,16,19H,4-6,11-13H2,1-3H3;1H/p+1/i2*2D3;. The van der Waals surface area contributed by atoms with Crippen molar-refractivity contribution in [1.29, 1.82) is 0 Å². The van der Waals surface area contributed by atoms with Crippen LogP contribution in [0.2, 0.25) is 0 Å². The fraction of sp³-hybridized carbons (Fsp3) is 0.647. The zero-order valence-electron chi connectivity index (χ0n) is 30.5. The van der Waals surface area contributed by atoms with E-state index in [0.717, 1.165) is 75.3 Å². The third-order valence-electron chi connectivity index (χ3n) is 8.66. The van der Waals surface area contributed by atoms with Gasteiger partial charge in [-0.1, -0.05) is 98.2 Å². The predicted octanol–water partition coefficient (Wildman–Crippen LogP) is 5.68.